The van der Waals surface area contributed by atoms with Crippen molar-refractivity contribution in [1.29, 1.82) is 0 Å². The largest absolute Gasteiger partial charge is 0.493 e. The van der Waals surface area contributed by atoms with Crippen molar-refractivity contribution in [3.05, 3.63) is 89.4 Å². The van der Waals surface area contributed by atoms with Gasteiger partial charge in [-0.1, -0.05) is 27.7 Å². The number of nitrogens with zero attached hydrogens (tertiary/aromatic N) is 2. The molecule has 0 atom stereocenters. The smallest absolute Gasteiger partial charge is 0.340 e. The Bertz CT molecular complexity index is 1530. The van der Waals surface area contributed by atoms with Crippen molar-refractivity contribution < 1.29 is 42.4 Å². The van der Waals surface area contributed by atoms with E-state index >= 15 is 0 Å². The monoisotopic (exact) mass is 611 g/mol. The molecule has 0 radical (unpaired) electrons. The van der Waals surface area contributed by atoms with Crippen LogP contribution in [0.2, 0.25) is 0 Å². The molecular formula is C32H32F3N3O6. The van der Waals surface area contributed by atoms with Crippen LogP contribution in [0.5, 0.6) is 11.5 Å². The number of pyridine rings is 2. The van der Waals surface area contributed by atoms with Gasteiger partial charge in [-0.15, -0.1) is 0 Å². The van der Waals surface area contributed by atoms with Crippen molar-refractivity contribution in [3.63, 3.8) is 0 Å². The minimum atomic E-state index is -1.41. The Morgan fingerprint density at radius 1 is 0.705 bits per heavy atom. The standard InChI is InChI=1S/C16H15F2NO3.C16H17FN2O3/c2*1-9(2)8-22-12-6-10(5-11(17)7-12)14-4-3-13(16(20)21)15(18)19-14/h3-7,9H,8H2,1-2H3,(H,20,21);3-7,9H,8H2,1-2H3,(H2,18,19)(H,20,21). The van der Waals surface area contributed by atoms with Crippen molar-refractivity contribution in [2.75, 3.05) is 18.9 Å². The van der Waals surface area contributed by atoms with Gasteiger partial charge in [0, 0.05) is 23.3 Å². The van der Waals surface area contributed by atoms with Crippen LogP contribution < -0.4 is 15.2 Å². The summed E-state index contributed by atoms with van der Waals surface area (Å²) in [5, 5.41) is 17.7. The second kappa shape index (κ2) is 14.9. The average Bonchev–Trinajstić information content (AvgIpc) is 2.94. The summed E-state index contributed by atoms with van der Waals surface area (Å²) in [6.07, 6.45) is 0. The van der Waals surface area contributed by atoms with Crippen molar-refractivity contribution in [3.8, 4) is 34.0 Å². The summed E-state index contributed by atoms with van der Waals surface area (Å²) in [5.41, 5.74) is 6.31. The number of halogens is 3. The summed E-state index contributed by atoms with van der Waals surface area (Å²) in [4.78, 5) is 29.3. The van der Waals surface area contributed by atoms with E-state index in [9.17, 15) is 22.8 Å². The summed E-state index contributed by atoms with van der Waals surface area (Å²) in [6.45, 7) is 8.79. The Labute approximate surface area is 252 Å². The van der Waals surface area contributed by atoms with Crippen molar-refractivity contribution in [2.45, 2.75) is 27.7 Å². The van der Waals surface area contributed by atoms with Gasteiger partial charge in [0.25, 0.3) is 0 Å². The third kappa shape index (κ3) is 9.45. The van der Waals surface area contributed by atoms with Crippen LogP contribution in [-0.4, -0.2) is 45.3 Å². The number of rotatable bonds is 10. The molecule has 2 aromatic carbocycles. The summed E-state index contributed by atoms with van der Waals surface area (Å²) in [6, 6.07) is 13.4. The Hall–Kier alpha value is -5.13. The topological polar surface area (TPSA) is 145 Å². The normalized spacial score (nSPS) is 10.8. The van der Waals surface area contributed by atoms with Crippen LogP contribution in [-0.2, 0) is 0 Å². The van der Waals surface area contributed by atoms with Crippen molar-refractivity contribution in [1.82, 2.24) is 9.97 Å². The summed E-state index contributed by atoms with van der Waals surface area (Å²) in [5.74, 6) is -3.49. The number of carboxylic acids is 2. The molecule has 0 aliphatic rings. The Kier molecular flexibility index (Phi) is 11.3. The fourth-order valence-electron chi connectivity index (χ4n) is 3.68. The zero-order chi connectivity index (χ0) is 32.6. The first-order valence-corrected chi connectivity index (χ1v) is 13.5. The Morgan fingerprint density at radius 3 is 1.52 bits per heavy atom. The van der Waals surface area contributed by atoms with E-state index in [0.29, 0.717) is 47.5 Å². The highest BCUT2D eigenvalue weighted by atomic mass is 19.1. The number of hydrogen-bond acceptors (Lipinski definition) is 7. The van der Waals surface area contributed by atoms with E-state index < -0.39 is 35.1 Å². The quantitative estimate of drug-likeness (QED) is 0.162. The molecule has 0 aliphatic heterocycles. The first-order chi connectivity index (χ1) is 20.7. The predicted molar refractivity (Wildman–Crippen MR) is 158 cm³/mol. The molecule has 0 amide bonds. The van der Waals surface area contributed by atoms with Crippen LogP contribution in [0.1, 0.15) is 48.4 Å². The van der Waals surface area contributed by atoms with Gasteiger partial charge < -0.3 is 25.4 Å². The number of hydrogen-bond donors (Lipinski definition) is 3. The third-order valence-electron chi connectivity index (χ3n) is 5.74. The van der Waals surface area contributed by atoms with Gasteiger partial charge in [-0.05, 0) is 60.4 Å². The molecule has 12 heteroatoms. The number of aromatic carboxylic acids is 2. The molecular weight excluding hydrogens is 579 g/mol. The van der Waals surface area contributed by atoms with Crippen molar-refractivity contribution >= 4 is 17.8 Å². The van der Waals surface area contributed by atoms with E-state index in [4.69, 9.17) is 25.4 Å². The number of aromatic nitrogens is 2. The summed E-state index contributed by atoms with van der Waals surface area (Å²) in [7, 11) is 0. The number of benzene rings is 2. The Morgan fingerprint density at radius 2 is 1.14 bits per heavy atom. The molecule has 4 N–H and O–H groups in total. The molecule has 9 nitrogen and oxygen atoms in total. The molecule has 4 aromatic rings. The Balaban J connectivity index is 0.000000240. The molecule has 2 aromatic heterocycles. The molecule has 44 heavy (non-hydrogen) atoms. The summed E-state index contributed by atoms with van der Waals surface area (Å²) < 4.78 is 51.9. The highest BCUT2D eigenvalue weighted by Crippen LogP contribution is 2.27. The van der Waals surface area contributed by atoms with Gasteiger partial charge >= 0.3 is 11.9 Å². The van der Waals surface area contributed by atoms with Crippen LogP contribution in [0.3, 0.4) is 0 Å². The lowest BCUT2D eigenvalue weighted by Gasteiger charge is -2.11. The highest BCUT2D eigenvalue weighted by Gasteiger charge is 2.15. The second-order valence-electron chi connectivity index (χ2n) is 10.5. The highest BCUT2D eigenvalue weighted by molar-refractivity contribution is 5.93. The number of anilines is 1. The van der Waals surface area contributed by atoms with E-state index in [1.54, 1.807) is 6.07 Å². The van der Waals surface area contributed by atoms with Gasteiger partial charge in [0.1, 0.15) is 40.1 Å². The van der Waals surface area contributed by atoms with Crippen LogP contribution in [0.15, 0.2) is 60.7 Å². The predicted octanol–water partition coefficient (Wildman–Crippen LogP) is 6.96. The van der Waals surface area contributed by atoms with Crippen molar-refractivity contribution in [2.24, 2.45) is 11.8 Å². The van der Waals surface area contributed by atoms with Crippen LogP contribution in [0.25, 0.3) is 22.5 Å². The first kappa shape index (κ1) is 33.4. The lowest BCUT2D eigenvalue weighted by Crippen LogP contribution is -2.06. The van der Waals surface area contributed by atoms with E-state index in [1.807, 2.05) is 27.7 Å². The number of nitrogen functional groups attached to an aromatic ring is 1. The van der Waals surface area contributed by atoms with E-state index in [2.05, 4.69) is 9.97 Å². The molecule has 0 bridgehead atoms. The number of nitrogens with two attached hydrogens (primary N) is 1. The third-order valence-corrected chi connectivity index (χ3v) is 5.74. The molecule has 232 valence electrons. The van der Waals surface area contributed by atoms with Crippen LogP contribution in [0.4, 0.5) is 19.0 Å². The molecule has 4 rings (SSSR count). The number of carboxylic acid groups (broad SMARTS) is 2. The average molecular weight is 612 g/mol. The van der Waals surface area contributed by atoms with Crippen LogP contribution in [0, 0.1) is 29.4 Å². The lowest BCUT2D eigenvalue weighted by molar-refractivity contribution is 0.0682. The van der Waals surface area contributed by atoms with Gasteiger partial charge in [0.2, 0.25) is 5.95 Å². The minimum absolute atomic E-state index is 0.0866. The second-order valence-corrected chi connectivity index (χ2v) is 10.5. The fourth-order valence-corrected chi connectivity index (χ4v) is 3.68. The molecule has 0 unspecified atom stereocenters. The van der Waals surface area contributed by atoms with Gasteiger partial charge in [-0.3, -0.25) is 0 Å². The zero-order valence-corrected chi connectivity index (χ0v) is 24.5. The fraction of sp³-hybridized carbons (Fsp3) is 0.250. The first-order valence-electron chi connectivity index (χ1n) is 13.5. The number of ether oxygens (including phenoxy) is 2. The van der Waals surface area contributed by atoms with Gasteiger partial charge in [-0.2, -0.15) is 4.39 Å². The molecule has 0 saturated heterocycles. The van der Waals surface area contributed by atoms with Gasteiger partial charge in [0.15, 0.2) is 0 Å². The minimum Gasteiger partial charge on any atom is -0.493 e. The van der Waals surface area contributed by atoms with E-state index in [-0.39, 0.29) is 23.0 Å². The molecule has 0 fully saturated rings. The van der Waals surface area contributed by atoms with E-state index in [0.717, 1.165) is 6.07 Å². The van der Waals surface area contributed by atoms with E-state index in [1.165, 1.54) is 48.5 Å². The molecule has 0 saturated carbocycles. The summed E-state index contributed by atoms with van der Waals surface area (Å²) >= 11 is 0. The van der Waals surface area contributed by atoms with Gasteiger partial charge in [0.05, 0.1) is 24.6 Å². The SMILES string of the molecule is CC(C)COc1cc(F)cc(-c2ccc(C(=O)O)c(F)n2)c1.CC(C)COc1cc(F)cc(-c2ccc(C(=O)O)c(N)n2)c1. The maximum Gasteiger partial charge on any atom is 0.340 e. The van der Waals surface area contributed by atoms with Crippen LogP contribution >= 0.6 is 0 Å². The zero-order valence-electron chi connectivity index (χ0n) is 24.5. The number of carbonyl (C=O) groups is 2. The molecule has 0 spiro atoms. The maximum atomic E-state index is 13.7. The maximum absolute atomic E-state index is 13.7. The van der Waals surface area contributed by atoms with Gasteiger partial charge in [-0.25, -0.2) is 28.3 Å². The molecule has 0 aliphatic carbocycles. The molecule has 2 heterocycles. The lowest BCUT2D eigenvalue weighted by atomic mass is 10.1.